The van der Waals surface area contributed by atoms with Crippen LogP contribution in [0.5, 0.6) is 17.2 Å². The van der Waals surface area contributed by atoms with Gasteiger partial charge >= 0.3 is 0 Å². The highest BCUT2D eigenvalue weighted by Crippen LogP contribution is 2.43. The molecular formula is C24H27N3O5. The highest BCUT2D eigenvalue weighted by molar-refractivity contribution is 5.53. The smallest absolute Gasteiger partial charge is 0.273 e. The number of para-hydroxylation sites is 1. The molecular weight excluding hydrogens is 410 g/mol. The van der Waals surface area contributed by atoms with Crippen LogP contribution in [0.4, 0.5) is 5.69 Å². The van der Waals surface area contributed by atoms with Gasteiger partial charge in [0, 0.05) is 54.8 Å². The lowest BCUT2D eigenvalue weighted by Crippen LogP contribution is -2.30. The molecule has 0 aliphatic carbocycles. The van der Waals surface area contributed by atoms with Crippen molar-refractivity contribution in [3.8, 4) is 17.2 Å². The standard InChI is InChI=1S/C24H27N3O5/c1-30-21-15-23(32-3)22(31-2)14-18(21)24-20-10-6-11-25(20)12-7-13-26(24)16-17-8-4-5-9-19(17)27(28)29/h4-6,8-11,14-15,24H,7,12-13,16H2,1-3H3. The zero-order valence-electron chi connectivity index (χ0n) is 18.5. The van der Waals surface area contributed by atoms with Gasteiger partial charge in [-0.15, -0.1) is 0 Å². The fourth-order valence-electron chi connectivity index (χ4n) is 4.47. The largest absolute Gasteiger partial charge is 0.496 e. The molecule has 1 aliphatic rings. The van der Waals surface area contributed by atoms with Gasteiger partial charge < -0.3 is 18.8 Å². The first kappa shape index (κ1) is 21.7. The van der Waals surface area contributed by atoms with Crippen LogP contribution in [0.15, 0.2) is 54.7 Å². The van der Waals surface area contributed by atoms with Gasteiger partial charge in [-0.3, -0.25) is 15.0 Å². The summed E-state index contributed by atoms with van der Waals surface area (Å²) in [5.74, 6) is 1.87. The first-order valence-electron chi connectivity index (χ1n) is 10.5. The van der Waals surface area contributed by atoms with Crippen LogP contribution in [0.3, 0.4) is 0 Å². The van der Waals surface area contributed by atoms with Crippen molar-refractivity contribution in [2.75, 3.05) is 27.9 Å². The van der Waals surface area contributed by atoms with Crippen LogP contribution in [0, 0.1) is 10.1 Å². The summed E-state index contributed by atoms with van der Waals surface area (Å²) in [6.07, 6.45) is 3.00. The van der Waals surface area contributed by atoms with E-state index in [4.69, 9.17) is 14.2 Å². The molecule has 0 saturated heterocycles. The second-order valence-corrected chi connectivity index (χ2v) is 7.69. The van der Waals surface area contributed by atoms with Crippen molar-refractivity contribution in [3.63, 3.8) is 0 Å². The maximum atomic E-state index is 11.6. The van der Waals surface area contributed by atoms with E-state index in [1.165, 1.54) is 0 Å². The average Bonchev–Trinajstić information content (AvgIpc) is 3.20. The average molecular weight is 437 g/mol. The molecule has 1 atom stereocenters. The van der Waals surface area contributed by atoms with Crippen LogP contribution in [-0.4, -0.2) is 42.3 Å². The van der Waals surface area contributed by atoms with Crippen molar-refractivity contribution in [1.82, 2.24) is 9.47 Å². The molecule has 0 saturated carbocycles. The summed E-state index contributed by atoms with van der Waals surface area (Å²) in [4.78, 5) is 13.6. The molecule has 1 unspecified atom stereocenters. The molecule has 4 rings (SSSR count). The molecule has 2 aromatic carbocycles. The van der Waals surface area contributed by atoms with Crippen molar-refractivity contribution in [3.05, 3.63) is 81.7 Å². The second kappa shape index (κ2) is 9.32. The Bertz CT molecular complexity index is 1110. The lowest BCUT2D eigenvalue weighted by Gasteiger charge is -2.32. The Labute approximate surface area is 187 Å². The quantitative estimate of drug-likeness (QED) is 0.402. The third-order valence-electron chi connectivity index (χ3n) is 5.95. The fraction of sp³-hybridized carbons (Fsp3) is 0.333. The number of hydrogen-bond donors (Lipinski definition) is 0. The number of nitro groups is 1. The number of nitro benzene ring substituents is 1. The maximum Gasteiger partial charge on any atom is 0.273 e. The summed E-state index contributed by atoms with van der Waals surface area (Å²) in [5, 5.41) is 11.6. The lowest BCUT2D eigenvalue weighted by molar-refractivity contribution is -0.385. The lowest BCUT2D eigenvalue weighted by atomic mass is 9.98. The Morgan fingerprint density at radius 3 is 2.41 bits per heavy atom. The predicted molar refractivity (Wildman–Crippen MR) is 120 cm³/mol. The van der Waals surface area contributed by atoms with Crippen molar-refractivity contribution in [1.29, 1.82) is 0 Å². The number of methoxy groups -OCH3 is 3. The Morgan fingerprint density at radius 2 is 1.69 bits per heavy atom. The van der Waals surface area contributed by atoms with Gasteiger partial charge in [0.15, 0.2) is 11.5 Å². The Balaban J connectivity index is 1.86. The molecule has 0 bridgehead atoms. The summed E-state index contributed by atoms with van der Waals surface area (Å²) in [5.41, 5.74) is 2.84. The summed E-state index contributed by atoms with van der Waals surface area (Å²) < 4.78 is 19.0. The number of nitrogens with zero attached hydrogens (tertiary/aromatic N) is 3. The third kappa shape index (κ3) is 4.01. The van der Waals surface area contributed by atoms with Crippen LogP contribution >= 0.6 is 0 Å². The first-order valence-corrected chi connectivity index (χ1v) is 10.5. The van der Waals surface area contributed by atoms with E-state index in [9.17, 15) is 10.1 Å². The molecule has 32 heavy (non-hydrogen) atoms. The minimum Gasteiger partial charge on any atom is -0.496 e. The monoisotopic (exact) mass is 437 g/mol. The SMILES string of the molecule is COc1cc(OC)c(C2c3cccn3CCCN2Cc2ccccc2[N+](=O)[O-])cc1OC. The normalized spacial score (nSPS) is 16.2. The van der Waals surface area contributed by atoms with Gasteiger partial charge in [0.1, 0.15) is 5.75 Å². The number of fused-ring (bicyclic) bond motifs is 1. The van der Waals surface area contributed by atoms with Gasteiger partial charge in [-0.1, -0.05) is 18.2 Å². The van der Waals surface area contributed by atoms with Gasteiger partial charge in [0.05, 0.1) is 32.3 Å². The summed E-state index contributed by atoms with van der Waals surface area (Å²) >= 11 is 0. The van der Waals surface area contributed by atoms with Crippen molar-refractivity contribution < 1.29 is 19.1 Å². The molecule has 1 aliphatic heterocycles. The maximum absolute atomic E-state index is 11.6. The van der Waals surface area contributed by atoms with Crippen LogP contribution in [0.1, 0.15) is 29.3 Å². The van der Waals surface area contributed by atoms with E-state index in [2.05, 4.69) is 21.7 Å². The second-order valence-electron chi connectivity index (χ2n) is 7.69. The predicted octanol–water partition coefficient (Wildman–Crippen LogP) is 4.42. The van der Waals surface area contributed by atoms with Crippen molar-refractivity contribution >= 4 is 5.69 Å². The van der Waals surface area contributed by atoms with E-state index in [1.54, 1.807) is 33.5 Å². The van der Waals surface area contributed by atoms with E-state index in [0.29, 0.717) is 29.4 Å². The highest BCUT2D eigenvalue weighted by atomic mass is 16.6. The number of rotatable bonds is 7. The zero-order chi connectivity index (χ0) is 22.7. The molecule has 0 fully saturated rings. The Kier molecular flexibility index (Phi) is 6.32. The third-order valence-corrected chi connectivity index (χ3v) is 5.95. The van der Waals surface area contributed by atoms with Gasteiger partial charge in [-0.25, -0.2) is 0 Å². The Hall–Kier alpha value is -3.52. The van der Waals surface area contributed by atoms with Gasteiger partial charge in [-0.2, -0.15) is 0 Å². The molecule has 0 radical (unpaired) electrons. The van der Waals surface area contributed by atoms with Gasteiger partial charge in [-0.05, 0) is 24.6 Å². The molecule has 3 aromatic rings. The minimum atomic E-state index is -0.318. The minimum absolute atomic E-state index is 0.130. The van der Waals surface area contributed by atoms with Crippen LogP contribution in [0.2, 0.25) is 0 Å². The molecule has 0 amide bonds. The first-order chi connectivity index (χ1) is 15.6. The molecule has 0 N–H and O–H groups in total. The van der Waals surface area contributed by atoms with Crippen LogP contribution < -0.4 is 14.2 Å². The number of hydrogen-bond acceptors (Lipinski definition) is 6. The molecule has 168 valence electrons. The number of benzene rings is 2. The fourth-order valence-corrected chi connectivity index (χ4v) is 4.47. The van der Waals surface area contributed by atoms with E-state index in [1.807, 2.05) is 30.3 Å². The van der Waals surface area contributed by atoms with Crippen molar-refractivity contribution in [2.24, 2.45) is 0 Å². The van der Waals surface area contributed by atoms with Crippen LogP contribution in [-0.2, 0) is 13.1 Å². The molecule has 8 heteroatoms. The van der Waals surface area contributed by atoms with E-state index in [-0.39, 0.29) is 16.7 Å². The van der Waals surface area contributed by atoms with Crippen molar-refractivity contribution in [2.45, 2.75) is 25.6 Å². The summed E-state index contributed by atoms with van der Waals surface area (Å²) in [6, 6.07) is 14.6. The molecule has 2 heterocycles. The number of aromatic nitrogens is 1. The molecule has 0 spiro atoms. The zero-order valence-corrected chi connectivity index (χ0v) is 18.5. The topological polar surface area (TPSA) is 79.0 Å². The van der Waals surface area contributed by atoms with Gasteiger partial charge in [0.25, 0.3) is 5.69 Å². The molecule has 8 nitrogen and oxygen atoms in total. The van der Waals surface area contributed by atoms with E-state index < -0.39 is 0 Å². The van der Waals surface area contributed by atoms with E-state index in [0.717, 1.165) is 30.8 Å². The molecule has 1 aromatic heterocycles. The summed E-state index contributed by atoms with van der Waals surface area (Å²) in [7, 11) is 4.83. The van der Waals surface area contributed by atoms with Gasteiger partial charge in [0.2, 0.25) is 0 Å². The number of aryl methyl sites for hydroxylation is 1. The van der Waals surface area contributed by atoms with E-state index >= 15 is 0 Å². The highest BCUT2D eigenvalue weighted by Gasteiger charge is 2.32. The number of ether oxygens (including phenoxy) is 3. The van der Waals surface area contributed by atoms with Crippen LogP contribution in [0.25, 0.3) is 0 Å². The Morgan fingerprint density at radius 1 is 0.969 bits per heavy atom. The summed E-state index contributed by atoms with van der Waals surface area (Å²) in [6.45, 7) is 2.09.